The predicted octanol–water partition coefficient (Wildman–Crippen LogP) is -0.323. The number of rotatable bonds is 2. The zero-order valence-electron chi connectivity index (χ0n) is 8.93. The summed E-state index contributed by atoms with van der Waals surface area (Å²) in [6.07, 6.45) is 1.32. The van der Waals surface area contributed by atoms with Gasteiger partial charge in [-0.15, -0.1) is 0 Å². The summed E-state index contributed by atoms with van der Waals surface area (Å²) >= 11 is 0. The smallest absolute Gasteiger partial charge is 0.433 e. The Morgan fingerprint density at radius 2 is 2.38 bits per heavy atom. The number of morpholine rings is 1. The van der Waals surface area contributed by atoms with E-state index in [9.17, 15) is 9.59 Å². The van der Waals surface area contributed by atoms with E-state index < -0.39 is 6.09 Å². The number of hydrogen-bond acceptors (Lipinski definition) is 5. The number of nitrogens with one attached hydrogen (secondary N) is 1. The lowest BCUT2D eigenvalue weighted by Gasteiger charge is -2.26. The highest BCUT2D eigenvalue weighted by molar-refractivity contribution is 6.35. The lowest BCUT2D eigenvalue weighted by Crippen LogP contribution is -2.46. The Hall–Kier alpha value is -1.79. The highest BCUT2D eigenvalue weighted by Gasteiger charge is 2.38. The van der Waals surface area contributed by atoms with Gasteiger partial charge in [0.1, 0.15) is 6.61 Å². The highest BCUT2D eigenvalue weighted by Crippen LogP contribution is 2.27. The average Bonchev–Trinajstić information content (AvgIpc) is 3.11. The predicted molar refractivity (Wildman–Crippen MR) is 53.7 cm³/mol. The molecule has 88 valence electrons. The fourth-order valence-corrected chi connectivity index (χ4v) is 1.46. The summed E-state index contributed by atoms with van der Waals surface area (Å²) in [5.41, 5.74) is 0. The van der Waals surface area contributed by atoms with Gasteiger partial charge in [0, 0.05) is 13.1 Å². The van der Waals surface area contributed by atoms with Crippen molar-refractivity contribution >= 4 is 17.9 Å². The third-order valence-corrected chi connectivity index (χ3v) is 2.42. The second-order valence-electron chi connectivity index (χ2n) is 3.60. The molecule has 1 aliphatic heterocycles. The third-order valence-electron chi connectivity index (χ3n) is 2.42. The molecule has 1 saturated carbocycles. The molecule has 7 nitrogen and oxygen atoms in total. The number of carbonyl (C=O) groups is 2. The van der Waals surface area contributed by atoms with Gasteiger partial charge >= 0.3 is 17.9 Å². The van der Waals surface area contributed by atoms with Crippen LogP contribution in [0.3, 0.4) is 0 Å². The molecule has 0 radical (unpaired) electrons. The Balaban J connectivity index is 1.97. The molecule has 1 N–H and O–H groups in total. The molecule has 2 aliphatic rings. The van der Waals surface area contributed by atoms with Gasteiger partial charge in [0.25, 0.3) is 0 Å². The van der Waals surface area contributed by atoms with Crippen molar-refractivity contribution in [1.29, 1.82) is 0 Å². The summed E-state index contributed by atoms with van der Waals surface area (Å²) in [5, 5.41) is 5.60. The summed E-state index contributed by atoms with van der Waals surface area (Å²) < 4.78 is 5.05. The fourth-order valence-electron chi connectivity index (χ4n) is 1.46. The SMILES string of the molecule is CNC(=O)ON=C1OCCN(C2CC2)C1=O. The Kier molecular flexibility index (Phi) is 2.93. The number of carbonyl (C=O) groups excluding carboxylic acids is 2. The molecule has 2 fully saturated rings. The average molecular weight is 227 g/mol. The lowest BCUT2D eigenvalue weighted by atomic mass is 10.4. The maximum atomic E-state index is 11.8. The Bertz CT molecular complexity index is 338. The number of ether oxygens (including phenoxy) is 1. The molecular weight excluding hydrogens is 214 g/mol. The van der Waals surface area contributed by atoms with Gasteiger partial charge in [-0.05, 0) is 18.0 Å². The fraction of sp³-hybridized carbons (Fsp3) is 0.667. The van der Waals surface area contributed by atoms with E-state index in [2.05, 4.69) is 15.3 Å². The molecule has 0 unspecified atom stereocenters. The minimum absolute atomic E-state index is 0.151. The van der Waals surface area contributed by atoms with Crippen LogP contribution in [0.1, 0.15) is 12.8 Å². The van der Waals surface area contributed by atoms with E-state index in [4.69, 9.17) is 4.74 Å². The first-order valence-electron chi connectivity index (χ1n) is 5.13. The molecule has 1 aliphatic carbocycles. The number of amides is 2. The van der Waals surface area contributed by atoms with Crippen molar-refractivity contribution in [3.05, 3.63) is 0 Å². The van der Waals surface area contributed by atoms with E-state index in [0.717, 1.165) is 12.8 Å². The highest BCUT2D eigenvalue weighted by atomic mass is 16.7. The second-order valence-corrected chi connectivity index (χ2v) is 3.60. The molecule has 0 aromatic rings. The number of oxime groups is 1. The minimum Gasteiger partial charge on any atom is -0.470 e. The van der Waals surface area contributed by atoms with Gasteiger partial charge in [-0.3, -0.25) is 9.63 Å². The van der Waals surface area contributed by atoms with Gasteiger partial charge in [0.05, 0.1) is 6.54 Å². The Morgan fingerprint density at radius 3 is 3.00 bits per heavy atom. The van der Waals surface area contributed by atoms with Crippen molar-refractivity contribution in [2.75, 3.05) is 20.2 Å². The van der Waals surface area contributed by atoms with E-state index in [-0.39, 0.29) is 11.8 Å². The summed E-state index contributed by atoms with van der Waals surface area (Å²) in [5.74, 6) is -0.459. The minimum atomic E-state index is -0.729. The molecule has 1 heterocycles. The molecule has 16 heavy (non-hydrogen) atoms. The van der Waals surface area contributed by atoms with Crippen LogP contribution in [0.15, 0.2) is 5.16 Å². The van der Waals surface area contributed by atoms with E-state index in [1.165, 1.54) is 7.05 Å². The van der Waals surface area contributed by atoms with E-state index in [0.29, 0.717) is 19.2 Å². The molecule has 0 atom stereocenters. The zero-order valence-corrected chi connectivity index (χ0v) is 8.93. The van der Waals surface area contributed by atoms with Crippen molar-refractivity contribution in [2.45, 2.75) is 18.9 Å². The van der Waals surface area contributed by atoms with Crippen molar-refractivity contribution in [3.8, 4) is 0 Å². The van der Waals surface area contributed by atoms with Crippen LogP contribution in [0, 0.1) is 0 Å². The van der Waals surface area contributed by atoms with Gasteiger partial charge < -0.3 is 15.0 Å². The third kappa shape index (κ3) is 2.23. The Morgan fingerprint density at radius 1 is 1.62 bits per heavy atom. The summed E-state index contributed by atoms with van der Waals surface area (Å²) in [4.78, 5) is 28.7. The van der Waals surface area contributed by atoms with E-state index in [1.807, 2.05) is 0 Å². The van der Waals surface area contributed by atoms with E-state index >= 15 is 0 Å². The normalized spacial score (nSPS) is 22.9. The van der Waals surface area contributed by atoms with Gasteiger partial charge in [-0.1, -0.05) is 0 Å². The zero-order chi connectivity index (χ0) is 11.5. The first-order valence-corrected chi connectivity index (χ1v) is 5.13. The van der Waals surface area contributed by atoms with Crippen LogP contribution < -0.4 is 5.32 Å². The number of hydrogen-bond donors (Lipinski definition) is 1. The van der Waals surface area contributed by atoms with Gasteiger partial charge in [-0.25, -0.2) is 4.79 Å². The maximum Gasteiger partial charge on any atom is 0.433 e. The maximum absolute atomic E-state index is 11.8. The molecule has 2 amide bonds. The summed E-state index contributed by atoms with van der Waals surface area (Å²) in [7, 11) is 1.41. The van der Waals surface area contributed by atoms with Crippen LogP contribution in [0.4, 0.5) is 4.79 Å². The molecular formula is C9H13N3O4. The molecule has 1 saturated heterocycles. The van der Waals surface area contributed by atoms with Crippen LogP contribution in [0.5, 0.6) is 0 Å². The van der Waals surface area contributed by atoms with Gasteiger partial charge in [0.2, 0.25) is 0 Å². The van der Waals surface area contributed by atoms with Crippen LogP contribution in [0.25, 0.3) is 0 Å². The molecule has 7 heteroatoms. The van der Waals surface area contributed by atoms with Crippen LogP contribution in [0.2, 0.25) is 0 Å². The van der Waals surface area contributed by atoms with Crippen molar-refractivity contribution in [1.82, 2.24) is 10.2 Å². The van der Waals surface area contributed by atoms with E-state index in [1.54, 1.807) is 4.90 Å². The Labute approximate surface area is 92.4 Å². The molecule has 0 bridgehead atoms. The first kappa shape index (κ1) is 10.7. The van der Waals surface area contributed by atoms with Crippen molar-refractivity contribution < 1.29 is 19.2 Å². The molecule has 0 aromatic carbocycles. The van der Waals surface area contributed by atoms with Crippen molar-refractivity contribution in [2.24, 2.45) is 5.16 Å². The monoisotopic (exact) mass is 227 g/mol. The lowest BCUT2D eigenvalue weighted by molar-refractivity contribution is -0.129. The van der Waals surface area contributed by atoms with Crippen LogP contribution in [-0.2, 0) is 14.4 Å². The largest absolute Gasteiger partial charge is 0.470 e. The summed E-state index contributed by atoms with van der Waals surface area (Å²) in [6.45, 7) is 0.959. The van der Waals surface area contributed by atoms with Gasteiger partial charge in [-0.2, -0.15) is 0 Å². The topological polar surface area (TPSA) is 80.2 Å². The standard InChI is InChI=1S/C9H13N3O4/c1-10-9(14)16-11-7-8(13)12(4-5-15-7)6-2-3-6/h6H,2-5H2,1H3,(H,10,14). The first-order chi connectivity index (χ1) is 7.72. The van der Waals surface area contributed by atoms with Gasteiger partial charge in [0.15, 0.2) is 0 Å². The molecule has 0 spiro atoms. The second kappa shape index (κ2) is 4.38. The van der Waals surface area contributed by atoms with Crippen LogP contribution in [-0.4, -0.2) is 49.0 Å². The molecule has 2 rings (SSSR count). The summed E-state index contributed by atoms with van der Waals surface area (Å²) in [6, 6.07) is 0.307. The molecule has 0 aromatic heterocycles. The quantitative estimate of drug-likeness (QED) is 0.517. The number of nitrogens with zero attached hydrogens (tertiary/aromatic N) is 2. The van der Waals surface area contributed by atoms with Crippen LogP contribution >= 0.6 is 0 Å². The van der Waals surface area contributed by atoms with Crippen molar-refractivity contribution in [3.63, 3.8) is 0 Å².